The third kappa shape index (κ3) is 3.80. The molecule has 0 radical (unpaired) electrons. The molecule has 14 heteroatoms. The molecule has 1 N–H and O–H groups in total. The van der Waals surface area contributed by atoms with Crippen LogP contribution in [0.25, 0.3) is 22.4 Å². The van der Waals surface area contributed by atoms with Crippen LogP contribution in [0.1, 0.15) is 18.5 Å². The van der Waals surface area contributed by atoms with Crippen LogP contribution in [0.5, 0.6) is 5.88 Å². The van der Waals surface area contributed by atoms with Crippen LogP contribution in [0.3, 0.4) is 0 Å². The van der Waals surface area contributed by atoms with Crippen LogP contribution < -0.4 is 10.1 Å². The lowest BCUT2D eigenvalue weighted by Gasteiger charge is -2.42. The molecule has 36 heavy (non-hydrogen) atoms. The van der Waals surface area contributed by atoms with Crippen LogP contribution in [0.2, 0.25) is 0 Å². The van der Waals surface area contributed by atoms with Crippen molar-refractivity contribution >= 4 is 17.2 Å². The van der Waals surface area contributed by atoms with Gasteiger partial charge in [0.2, 0.25) is 17.6 Å². The number of fused-ring (bicyclic) bond motifs is 2. The Morgan fingerprint density at radius 3 is 2.69 bits per heavy atom. The largest absolute Gasteiger partial charge is 0.479 e. The maximum Gasteiger partial charge on any atom is 0.280 e. The van der Waals surface area contributed by atoms with Crippen molar-refractivity contribution in [1.29, 1.82) is 0 Å². The predicted octanol–water partition coefficient (Wildman–Crippen LogP) is 2.75. The fourth-order valence-corrected chi connectivity index (χ4v) is 4.70. The van der Waals surface area contributed by atoms with Crippen molar-refractivity contribution in [2.75, 3.05) is 38.7 Å². The summed E-state index contributed by atoms with van der Waals surface area (Å²) in [4.78, 5) is 14.3. The van der Waals surface area contributed by atoms with E-state index in [2.05, 4.69) is 30.3 Å². The molecule has 2 fully saturated rings. The molecule has 0 saturated carbocycles. The Bertz CT molecular complexity index is 1420. The van der Waals surface area contributed by atoms with Gasteiger partial charge in [0.15, 0.2) is 5.82 Å². The number of likely N-dealkylation sites (tertiary alicyclic amines) is 1. The summed E-state index contributed by atoms with van der Waals surface area (Å²) in [5.41, 5.74) is 0.0499. The zero-order chi connectivity index (χ0) is 25.0. The fraction of sp³-hybridized carbons (Fsp3) is 0.455. The first-order valence-corrected chi connectivity index (χ1v) is 11.4. The van der Waals surface area contributed by atoms with Crippen LogP contribution >= 0.6 is 0 Å². The molecular formula is C22H22F4N8O2. The van der Waals surface area contributed by atoms with Gasteiger partial charge in [0.05, 0.1) is 50.4 Å². The van der Waals surface area contributed by atoms with E-state index < -0.39 is 24.5 Å². The number of nitrogens with zero attached hydrogens (tertiary/aromatic N) is 7. The second kappa shape index (κ2) is 8.85. The summed E-state index contributed by atoms with van der Waals surface area (Å²) in [6, 6.07) is -0.268. The highest BCUT2D eigenvalue weighted by atomic mass is 19.3. The van der Waals surface area contributed by atoms with E-state index in [0.29, 0.717) is 26.2 Å². The van der Waals surface area contributed by atoms with Gasteiger partial charge in [-0.2, -0.15) is 4.98 Å². The molecule has 2 aliphatic heterocycles. The Hall–Kier alpha value is -3.52. The lowest BCUT2D eigenvalue weighted by atomic mass is 10.0. The number of rotatable bonds is 6. The Labute approximate surface area is 201 Å². The number of methoxy groups -OCH3 is 1. The summed E-state index contributed by atoms with van der Waals surface area (Å²) in [5.74, 6) is -0.508. The maximum atomic E-state index is 15.2. The number of piperidine rings is 1. The maximum absolute atomic E-state index is 15.2. The Morgan fingerprint density at radius 2 is 2.00 bits per heavy atom. The normalized spacial score (nSPS) is 21.4. The molecule has 0 spiro atoms. The summed E-state index contributed by atoms with van der Waals surface area (Å²) in [5, 5.41) is 7.33. The second-order valence-corrected chi connectivity index (χ2v) is 8.83. The average Bonchev–Trinajstić information content (AvgIpc) is 3.39. The number of alkyl halides is 3. The van der Waals surface area contributed by atoms with Gasteiger partial charge in [-0.3, -0.25) is 9.30 Å². The van der Waals surface area contributed by atoms with Crippen LogP contribution in [0, 0.1) is 5.82 Å². The molecule has 6 rings (SSSR count). The average molecular weight is 506 g/mol. The number of ether oxygens (including phenoxy) is 2. The number of hydrogen-bond donors (Lipinski definition) is 1. The van der Waals surface area contributed by atoms with Gasteiger partial charge in [-0.25, -0.2) is 32.0 Å². The summed E-state index contributed by atoms with van der Waals surface area (Å²) in [6.45, 7) is 2.22. The first-order chi connectivity index (χ1) is 17.4. The van der Waals surface area contributed by atoms with Gasteiger partial charge in [0.25, 0.3) is 6.43 Å². The highest BCUT2D eigenvalue weighted by Gasteiger charge is 2.36. The SMILES string of the molecule is COc1nc(N[C@@H]2CCN(C3COC3)C[C@@H]2F)nn2cc(F)c(-c3cnc4ncc(C(F)F)n4c3)c12. The molecule has 0 bridgehead atoms. The Morgan fingerprint density at radius 1 is 1.19 bits per heavy atom. The van der Waals surface area contributed by atoms with Gasteiger partial charge < -0.3 is 14.8 Å². The Kier molecular flexibility index (Phi) is 5.63. The van der Waals surface area contributed by atoms with E-state index in [1.165, 1.54) is 24.0 Å². The topological polar surface area (TPSA) is 94.1 Å². The van der Waals surface area contributed by atoms with E-state index in [1.54, 1.807) is 0 Å². The van der Waals surface area contributed by atoms with Gasteiger partial charge in [-0.15, -0.1) is 5.10 Å². The van der Waals surface area contributed by atoms with E-state index in [4.69, 9.17) is 9.47 Å². The molecule has 0 unspecified atom stereocenters. The van der Waals surface area contributed by atoms with E-state index >= 15 is 4.39 Å². The molecule has 2 atom stereocenters. The Balaban J connectivity index is 1.33. The molecule has 6 heterocycles. The van der Waals surface area contributed by atoms with Crippen molar-refractivity contribution in [3.8, 4) is 17.0 Å². The number of hydrogen-bond acceptors (Lipinski definition) is 8. The monoisotopic (exact) mass is 506 g/mol. The van der Waals surface area contributed by atoms with E-state index in [-0.39, 0.29) is 52.5 Å². The third-order valence-corrected chi connectivity index (χ3v) is 6.68. The fourth-order valence-electron chi connectivity index (χ4n) is 4.70. The molecule has 10 nitrogen and oxygen atoms in total. The zero-order valence-corrected chi connectivity index (χ0v) is 19.1. The molecule has 2 aliphatic rings. The van der Waals surface area contributed by atoms with Gasteiger partial charge >= 0.3 is 0 Å². The third-order valence-electron chi connectivity index (χ3n) is 6.68. The van der Waals surface area contributed by atoms with Crippen LogP contribution in [-0.4, -0.2) is 85.5 Å². The number of anilines is 1. The van der Waals surface area contributed by atoms with E-state index in [1.807, 2.05) is 0 Å². The number of nitrogens with one attached hydrogen (secondary N) is 1. The van der Waals surface area contributed by atoms with E-state index in [0.717, 1.165) is 16.8 Å². The summed E-state index contributed by atoms with van der Waals surface area (Å²) < 4.78 is 69.7. The van der Waals surface area contributed by atoms with Crippen LogP contribution in [0.4, 0.5) is 23.5 Å². The minimum absolute atomic E-state index is 0.0288. The van der Waals surface area contributed by atoms with Crippen molar-refractivity contribution in [3.05, 3.63) is 36.3 Å². The minimum Gasteiger partial charge on any atom is -0.479 e. The summed E-state index contributed by atoms with van der Waals surface area (Å²) in [7, 11) is 1.37. The minimum atomic E-state index is -2.78. The molecule has 4 aromatic heterocycles. The number of imidazole rings is 1. The first kappa shape index (κ1) is 22.9. The smallest absolute Gasteiger partial charge is 0.280 e. The first-order valence-electron chi connectivity index (χ1n) is 11.4. The molecule has 0 amide bonds. The van der Waals surface area contributed by atoms with Gasteiger partial charge in [-0.05, 0) is 6.42 Å². The predicted molar refractivity (Wildman–Crippen MR) is 120 cm³/mol. The zero-order valence-electron chi connectivity index (χ0n) is 19.1. The summed E-state index contributed by atoms with van der Waals surface area (Å²) in [6.07, 6.45) is 1.40. The highest BCUT2D eigenvalue weighted by Crippen LogP contribution is 2.34. The number of aromatic nitrogens is 6. The molecule has 4 aromatic rings. The molecule has 0 aromatic carbocycles. The molecule has 0 aliphatic carbocycles. The van der Waals surface area contributed by atoms with Gasteiger partial charge in [0, 0.05) is 31.0 Å². The standard InChI is InChI=1S/C22H22F4N8O2/c1-35-20-18-17(11-4-27-22-28-5-16(19(25)26)33(22)6-11)14(24)8-34(18)31-21(30-20)29-15-2-3-32(7-13(15)23)12-9-36-10-12/h4-6,8,12-13,15,19H,2-3,7,9-10H2,1H3,(H,29,31)/t13-,15+/m0/s1. The lowest BCUT2D eigenvalue weighted by Crippen LogP contribution is -2.57. The van der Waals surface area contributed by atoms with E-state index in [9.17, 15) is 13.2 Å². The molecular weight excluding hydrogens is 484 g/mol. The van der Waals surface area contributed by atoms with Crippen LogP contribution in [0.15, 0.2) is 24.8 Å². The van der Waals surface area contributed by atoms with Crippen molar-refractivity contribution in [2.45, 2.75) is 31.1 Å². The quantitative estimate of drug-likeness (QED) is 0.399. The summed E-state index contributed by atoms with van der Waals surface area (Å²) >= 11 is 0. The lowest BCUT2D eigenvalue weighted by molar-refractivity contribution is -0.0794. The van der Waals surface area contributed by atoms with Crippen molar-refractivity contribution in [1.82, 2.24) is 33.9 Å². The highest BCUT2D eigenvalue weighted by molar-refractivity contribution is 5.84. The van der Waals surface area contributed by atoms with Crippen LogP contribution in [-0.2, 0) is 4.74 Å². The van der Waals surface area contributed by atoms with Gasteiger partial charge in [0.1, 0.15) is 17.4 Å². The molecule has 190 valence electrons. The van der Waals surface area contributed by atoms with Crippen molar-refractivity contribution in [3.63, 3.8) is 0 Å². The molecule has 2 saturated heterocycles. The number of halogens is 4. The van der Waals surface area contributed by atoms with Crippen molar-refractivity contribution in [2.24, 2.45) is 0 Å². The van der Waals surface area contributed by atoms with Crippen molar-refractivity contribution < 1.29 is 27.0 Å². The second-order valence-electron chi connectivity index (χ2n) is 8.83. The van der Waals surface area contributed by atoms with Gasteiger partial charge in [-0.1, -0.05) is 0 Å².